The van der Waals surface area contributed by atoms with Gasteiger partial charge in [0.05, 0.1) is 11.6 Å². The molecule has 0 spiro atoms. The van der Waals surface area contributed by atoms with Crippen molar-refractivity contribution >= 4 is 22.8 Å². The number of nitrogen functional groups attached to an aromatic ring is 1. The Morgan fingerprint density at radius 2 is 2.04 bits per heavy atom. The summed E-state index contributed by atoms with van der Waals surface area (Å²) in [7, 11) is 1.86. The molecule has 0 atom stereocenters. The molecule has 7 nitrogen and oxygen atoms in total. The minimum atomic E-state index is 0.369. The summed E-state index contributed by atoms with van der Waals surface area (Å²) in [5.74, 6) is 1.07. The summed E-state index contributed by atoms with van der Waals surface area (Å²) in [6.45, 7) is 5.29. The van der Waals surface area contributed by atoms with Crippen molar-refractivity contribution in [1.29, 1.82) is 0 Å². The van der Waals surface area contributed by atoms with Gasteiger partial charge >= 0.3 is 0 Å². The molecule has 2 aromatic heterocycles. The lowest BCUT2D eigenvalue weighted by Gasteiger charge is -2.32. The van der Waals surface area contributed by atoms with Gasteiger partial charge in [0.15, 0.2) is 5.65 Å². The van der Waals surface area contributed by atoms with Gasteiger partial charge in [-0.1, -0.05) is 29.8 Å². The van der Waals surface area contributed by atoms with Crippen molar-refractivity contribution in [2.24, 2.45) is 7.05 Å². The Morgan fingerprint density at radius 1 is 1.23 bits per heavy atom. The Bertz CT molecular complexity index is 909. The van der Waals surface area contributed by atoms with Crippen molar-refractivity contribution in [3.05, 3.63) is 41.6 Å². The molecule has 4 rings (SSSR count). The number of piperidine rings is 1. The standard InChI is InChI=1S/C19H25N7/c1-13-4-3-5-14(10-13)12-26-8-6-15(7-9-26)22-19-23-17(20)16-11-21-25(2)18(16)24-19/h3-5,10-11,15H,6-9,12H2,1-2H3,(H3,20,22,23,24). The van der Waals surface area contributed by atoms with E-state index < -0.39 is 0 Å². The minimum Gasteiger partial charge on any atom is -0.383 e. The van der Waals surface area contributed by atoms with Gasteiger partial charge in [-0.25, -0.2) is 0 Å². The SMILES string of the molecule is Cc1cccc(CN2CCC(Nc3nc(N)c4cnn(C)c4n3)CC2)c1. The number of nitrogens with zero attached hydrogens (tertiary/aromatic N) is 5. The maximum absolute atomic E-state index is 6.04. The average molecular weight is 351 g/mol. The lowest BCUT2D eigenvalue weighted by atomic mass is 10.0. The maximum Gasteiger partial charge on any atom is 0.226 e. The zero-order valence-electron chi connectivity index (χ0n) is 15.3. The fraction of sp³-hybridized carbons (Fsp3) is 0.421. The largest absolute Gasteiger partial charge is 0.383 e. The van der Waals surface area contributed by atoms with E-state index in [1.54, 1.807) is 10.9 Å². The van der Waals surface area contributed by atoms with Gasteiger partial charge in [0, 0.05) is 32.7 Å². The molecule has 1 aliphatic heterocycles. The van der Waals surface area contributed by atoms with Crippen LogP contribution in [0.5, 0.6) is 0 Å². The van der Waals surface area contributed by atoms with Crippen LogP contribution in [0.2, 0.25) is 0 Å². The number of hydrogen-bond acceptors (Lipinski definition) is 6. The summed E-state index contributed by atoms with van der Waals surface area (Å²) in [6.07, 6.45) is 3.84. The molecule has 1 aliphatic rings. The zero-order chi connectivity index (χ0) is 18.1. The van der Waals surface area contributed by atoms with Gasteiger partial charge in [0.1, 0.15) is 5.82 Å². The van der Waals surface area contributed by atoms with Crippen molar-refractivity contribution in [1.82, 2.24) is 24.6 Å². The summed E-state index contributed by atoms with van der Waals surface area (Å²) in [6, 6.07) is 9.12. The zero-order valence-corrected chi connectivity index (χ0v) is 15.3. The van der Waals surface area contributed by atoms with Crippen molar-refractivity contribution in [2.75, 3.05) is 24.1 Å². The number of anilines is 2. The lowest BCUT2D eigenvalue weighted by molar-refractivity contribution is 0.211. The molecular formula is C19H25N7. The van der Waals surface area contributed by atoms with Crippen LogP contribution in [-0.4, -0.2) is 43.8 Å². The number of aryl methyl sites for hydroxylation is 2. The van der Waals surface area contributed by atoms with Crippen LogP contribution in [0, 0.1) is 6.92 Å². The number of nitrogens with two attached hydrogens (primary N) is 1. The summed E-state index contributed by atoms with van der Waals surface area (Å²) < 4.78 is 1.73. The summed E-state index contributed by atoms with van der Waals surface area (Å²) in [5.41, 5.74) is 9.51. The minimum absolute atomic E-state index is 0.369. The average Bonchev–Trinajstić information content (AvgIpc) is 2.99. The van der Waals surface area contributed by atoms with Gasteiger partial charge < -0.3 is 11.1 Å². The monoisotopic (exact) mass is 351 g/mol. The van der Waals surface area contributed by atoms with Gasteiger partial charge in [-0.05, 0) is 25.3 Å². The van der Waals surface area contributed by atoms with Crippen LogP contribution in [0.4, 0.5) is 11.8 Å². The fourth-order valence-electron chi connectivity index (χ4n) is 3.60. The second kappa shape index (κ2) is 6.92. The van der Waals surface area contributed by atoms with E-state index in [0.29, 0.717) is 17.8 Å². The van der Waals surface area contributed by atoms with Crippen molar-refractivity contribution in [3.8, 4) is 0 Å². The first-order valence-corrected chi connectivity index (χ1v) is 9.08. The first kappa shape index (κ1) is 16.8. The fourth-order valence-corrected chi connectivity index (χ4v) is 3.60. The van der Waals surface area contributed by atoms with Crippen molar-refractivity contribution in [2.45, 2.75) is 32.4 Å². The molecule has 1 saturated heterocycles. The van der Waals surface area contributed by atoms with Gasteiger partial charge in [0.2, 0.25) is 5.95 Å². The smallest absolute Gasteiger partial charge is 0.226 e. The third kappa shape index (κ3) is 3.48. The Hall–Kier alpha value is -2.67. The van der Waals surface area contributed by atoms with E-state index >= 15 is 0 Å². The Kier molecular flexibility index (Phi) is 4.46. The first-order valence-electron chi connectivity index (χ1n) is 9.08. The predicted molar refractivity (Wildman–Crippen MR) is 104 cm³/mol. The Labute approximate surface area is 153 Å². The predicted octanol–water partition coefficient (Wildman–Crippen LogP) is 2.33. The highest BCUT2D eigenvalue weighted by Crippen LogP contribution is 2.21. The number of aromatic nitrogens is 4. The van der Waals surface area contributed by atoms with E-state index in [4.69, 9.17) is 5.73 Å². The molecule has 0 amide bonds. The molecule has 0 aliphatic carbocycles. The van der Waals surface area contributed by atoms with E-state index in [2.05, 4.69) is 56.5 Å². The van der Waals surface area contributed by atoms with Crippen molar-refractivity contribution in [3.63, 3.8) is 0 Å². The van der Waals surface area contributed by atoms with Gasteiger partial charge in [0.25, 0.3) is 0 Å². The molecular weight excluding hydrogens is 326 g/mol. The highest BCUT2D eigenvalue weighted by Gasteiger charge is 2.20. The molecule has 1 aromatic carbocycles. The van der Waals surface area contributed by atoms with Crippen molar-refractivity contribution < 1.29 is 0 Å². The molecule has 3 heterocycles. The van der Waals surface area contributed by atoms with E-state index in [1.807, 2.05) is 7.05 Å². The number of hydrogen-bond donors (Lipinski definition) is 2. The molecule has 26 heavy (non-hydrogen) atoms. The molecule has 3 aromatic rings. The highest BCUT2D eigenvalue weighted by atomic mass is 15.3. The molecule has 0 radical (unpaired) electrons. The van der Waals surface area contributed by atoms with Gasteiger partial charge in [-0.15, -0.1) is 0 Å². The van der Waals surface area contributed by atoms with Crippen LogP contribution >= 0.6 is 0 Å². The molecule has 7 heteroatoms. The number of rotatable bonds is 4. The van der Waals surface area contributed by atoms with E-state index in [0.717, 1.165) is 43.5 Å². The number of likely N-dealkylation sites (tertiary alicyclic amines) is 1. The molecule has 0 saturated carbocycles. The van der Waals surface area contributed by atoms with E-state index in [9.17, 15) is 0 Å². The Morgan fingerprint density at radius 3 is 2.81 bits per heavy atom. The lowest BCUT2D eigenvalue weighted by Crippen LogP contribution is -2.39. The summed E-state index contributed by atoms with van der Waals surface area (Å²) in [4.78, 5) is 11.5. The van der Waals surface area contributed by atoms with E-state index in [-0.39, 0.29) is 0 Å². The molecule has 1 fully saturated rings. The van der Waals surface area contributed by atoms with E-state index in [1.165, 1.54) is 11.1 Å². The number of fused-ring (bicyclic) bond motifs is 1. The normalized spacial score (nSPS) is 16.2. The van der Waals surface area contributed by atoms with Crippen LogP contribution in [0.25, 0.3) is 11.0 Å². The van der Waals surface area contributed by atoms with Gasteiger partial charge in [-0.3, -0.25) is 9.58 Å². The third-order valence-corrected chi connectivity index (χ3v) is 5.03. The highest BCUT2D eigenvalue weighted by molar-refractivity contribution is 5.86. The molecule has 3 N–H and O–H groups in total. The van der Waals surface area contributed by atoms with Crippen LogP contribution in [0.1, 0.15) is 24.0 Å². The summed E-state index contributed by atoms with van der Waals surface area (Å²) >= 11 is 0. The second-order valence-corrected chi connectivity index (χ2v) is 7.12. The third-order valence-electron chi connectivity index (χ3n) is 5.03. The molecule has 0 bridgehead atoms. The van der Waals surface area contributed by atoms with Crippen LogP contribution < -0.4 is 11.1 Å². The van der Waals surface area contributed by atoms with Crippen LogP contribution in [-0.2, 0) is 13.6 Å². The molecule has 136 valence electrons. The Balaban J connectivity index is 1.37. The topological polar surface area (TPSA) is 84.9 Å². The van der Waals surface area contributed by atoms with Crippen LogP contribution in [0.3, 0.4) is 0 Å². The molecule has 0 unspecified atom stereocenters. The first-order chi connectivity index (χ1) is 12.6. The van der Waals surface area contributed by atoms with Gasteiger partial charge in [-0.2, -0.15) is 15.1 Å². The number of benzene rings is 1. The number of nitrogens with one attached hydrogen (secondary N) is 1. The summed E-state index contributed by atoms with van der Waals surface area (Å²) in [5, 5.41) is 8.45. The van der Waals surface area contributed by atoms with Crippen LogP contribution in [0.15, 0.2) is 30.5 Å². The second-order valence-electron chi connectivity index (χ2n) is 7.12. The maximum atomic E-state index is 6.04. The quantitative estimate of drug-likeness (QED) is 0.750.